The molecule has 4 aliphatic rings. The highest BCUT2D eigenvalue weighted by Crippen LogP contribution is 2.55. The first-order valence-electron chi connectivity index (χ1n) is 12.7. The van der Waals surface area contributed by atoms with E-state index in [1.165, 1.54) is 19.3 Å². The Morgan fingerprint density at radius 2 is 1.66 bits per heavy atom. The maximum atomic E-state index is 12.5. The van der Waals surface area contributed by atoms with Gasteiger partial charge in [-0.3, -0.25) is 19.6 Å². The number of nitrogens with one attached hydrogen (secondary N) is 2. The van der Waals surface area contributed by atoms with Gasteiger partial charge in [-0.15, -0.1) is 0 Å². The van der Waals surface area contributed by atoms with Crippen molar-refractivity contribution < 1.29 is 19.1 Å². The van der Waals surface area contributed by atoms with Crippen molar-refractivity contribution in [1.82, 2.24) is 25.4 Å². The van der Waals surface area contributed by atoms with E-state index in [1.807, 2.05) is 27.8 Å². The number of urea groups is 1. The quantitative estimate of drug-likeness (QED) is 0.613. The summed E-state index contributed by atoms with van der Waals surface area (Å²) in [6.07, 6.45) is 7.45. The van der Waals surface area contributed by atoms with Crippen LogP contribution in [-0.4, -0.2) is 44.8 Å². The molecule has 0 aliphatic heterocycles. The Morgan fingerprint density at radius 1 is 1.03 bits per heavy atom. The molecule has 2 aromatic rings. The number of aromatic nitrogens is 3. The van der Waals surface area contributed by atoms with Gasteiger partial charge in [-0.05, 0) is 94.6 Å². The van der Waals surface area contributed by atoms with Gasteiger partial charge in [0.1, 0.15) is 0 Å². The molecule has 0 spiro atoms. The predicted octanol–water partition coefficient (Wildman–Crippen LogP) is 3.16. The molecular weight excluding hydrogens is 446 g/mol. The Kier molecular flexibility index (Phi) is 6.05. The molecule has 9 nitrogen and oxygen atoms in total. The fourth-order valence-corrected chi connectivity index (χ4v) is 7.37. The van der Waals surface area contributed by atoms with E-state index < -0.39 is 24.5 Å². The van der Waals surface area contributed by atoms with Crippen molar-refractivity contribution in [2.75, 3.05) is 6.61 Å². The second kappa shape index (κ2) is 8.91. The van der Waals surface area contributed by atoms with E-state index in [1.54, 1.807) is 4.68 Å². The lowest BCUT2D eigenvalue weighted by Crippen LogP contribution is -2.62. The summed E-state index contributed by atoms with van der Waals surface area (Å²) in [6, 6.07) is -0.481. The third-order valence-electron chi connectivity index (χ3n) is 8.34. The molecule has 188 valence electrons. The molecule has 4 saturated carbocycles. The minimum absolute atomic E-state index is 0.126. The first-order chi connectivity index (χ1) is 16.6. The van der Waals surface area contributed by atoms with E-state index >= 15 is 0 Å². The number of amides is 3. The van der Waals surface area contributed by atoms with Gasteiger partial charge in [0.05, 0.1) is 5.69 Å². The normalized spacial score (nSPS) is 26.7. The lowest BCUT2D eigenvalue weighted by molar-refractivity contribution is -0.148. The van der Waals surface area contributed by atoms with Crippen molar-refractivity contribution in [3.63, 3.8) is 0 Å². The summed E-state index contributed by atoms with van der Waals surface area (Å²) < 4.78 is 6.91. The van der Waals surface area contributed by atoms with Crippen molar-refractivity contribution in [3.05, 3.63) is 22.5 Å². The number of imide groups is 1. The van der Waals surface area contributed by atoms with Crippen LogP contribution in [0.3, 0.4) is 0 Å². The molecule has 2 heterocycles. The SMILES string of the molecule is Cc1nc2c(c(C)nn2C)c(C)c1CCC(=O)OCC(=O)NC(=O)NC12CC3CC(CC(C3)C1)C2. The largest absolute Gasteiger partial charge is 0.456 e. The van der Waals surface area contributed by atoms with Crippen LogP contribution < -0.4 is 10.6 Å². The summed E-state index contributed by atoms with van der Waals surface area (Å²) in [7, 11) is 1.87. The number of pyridine rings is 1. The van der Waals surface area contributed by atoms with Crippen LogP contribution in [0, 0.1) is 38.5 Å². The van der Waals surface area contributed by atoms with Gasteiger partial charge < -0.3 is 10.1 Å². The fourth-order valence-electron chi connectivity index (χ4n) is 7.37. The molecule has 4 fully saturated rings. The Morgan fingerprint density at radius 3 is 2.29 bits per heavy atom. The van der Waals surface area contributed by atoms with Crippen LogP contribution in [0.4, 0.5) is 4.79 Å². The van der Waals surface area contributed by atoms with E-state index in [0.717, 1.165) is 52.8 Å². The Labute approximate surface area is 205 Å². The van der Waals surface area contributed by atoms with Crippen LogP contribution in [0.5, 0.6) is 0 Å². The van der Waals surface area contributed by atoms with E-state index in [4.69, 9.17) is 4.74 Å². The smallest absolute Gasteiger partial charge is 0.321 e. The molecule has 9 heteroatoms. The van der Waals surface area contributed by atoms with Gasteiger partial charge in [0, 0.05) is 30.1 Å². The molecule has 0 radical (unpaired) electrons. The highest BCUT2D eigenvalue weighted by atomic mass is 16.5. The van der Waals surface area contributed by atoms with E-state index in [0.29, 0.717) is 24.2 Å². The molecular formula is C26H35N5O4. The number of rotatable bonds is 6. The molecule has 2 aromatic heterocycles. The highest BCUT2D eigenvalue weighted by molar-refractivity contribution is 5.95. The third kappa shape index (κ3) is 4.65. The molecule has 3 amide bonds. The molecule has 0 aromatic carbocycles. The minimum Gasteiger partial charge on any atom is -0.456 e. The summed E-state index contributed by atoms with van der Waals surface area (Å²) >= 11 is 0. The molecule has 2 N–H and O–H groups in total. The monoisotopic (exact) mass is 481 g/mol. The molecule has 35 heavy (non-hydrogen) atoms. The molecule has 4 bridgehead atoms. The third-order valence-corrected chi connectivity index (χ3v) is 8.34. The standard InChI is InChI=1S/C26H35N5O4/c1-14-20(15(2)27-24-23(14)16(3)30-31(24)4)5-6-22(33)35-13-21(32)28-25(34)29-26-10-17-7-18(11-26)9-19(8-17)12-26/h17-19H,5-13H2,1-4H3,(H2,28,29,32,34). The number of hydrogen-bond donors (Lipinski definition) is 2. The number of nitrogens with zero attached hydrogens (tertiary/aromatic N) is 3. The topological polar surface area (TPSA) is 115 Å². The lowest BCUT2D eigenvalue weighted by atomic mass is 9.53. The summed E-state index contributed by atoms with van der Waals surface area (Å²) in [5, 5.41) is 10.9. The first-order valence-corrected chi connectivity index (χ1v) is 12.7. The van der Waals surface area contributed by atoms with Gasteiger partial charge >= 0.3 is 12.0 Å². The number of fused-ring (bicyclic) bond motifs is 1. The number of ether oxygens (including phenoxy) is 1. The van der Waals surface area contributed by atoms with E-state index in [2.05, 4.69) is 20.7 Å². The molecule has 0 saturated heterocycles. The number of carbonyl (C=O) groups is 3. The zero-order valence-electron chi connectivity index (χ0n) is 21.1. The van der Waals surface area contributed by atoms with Crippen molar-refractivity contribution in [2.24, 2.45) is 24.8 Å². The summed E-state index contributed by atoms with van der Waals surface area (Å²) in [5.41, 5.74) is 4.46. The average Bonchev–Trinajstić information content (AvgIpc) is 3.03. The second-order valence-electron chi connectivity index (χ2n) is 11.1. The van der Waals surface area contributed by atoms with Crippen LogP contribution >= 0.6 is 0 Å². The van der Waals surface area contributed by atoms with Crippen molar-refractivity contribution in [1.29, 1.82) is 0 Å². The summed E-state index contributed by atoms with van der Waals surface area (Å²) in [4.78, 5) is 41.7. The van der Waals surface area contributed by atoms with Gasteiger partial charge in [0.25, 0.3) is 5.91 Å². The Balaban J connectivity index is 1.10. The van der Waals surface area contributed by atoms with Crippen LogP contribution in [0.25, 0.3) is 11.0 Å². The van der Waals surface area contributed by atoms with Crippen LogP contribution in [0.2, 0.25) is 0 Å². The predicted molar refractivity (Wildman–Crippen MR) is 130 cm³/mol. The molecule has 0 atom stereocenters. The van der Waals surface area contributed by atoms with Gasteiger partial charge in [-0.25, -0.2) is 9.78 Å². The molecule has 6 rings (SSSR count). The number of esters is 1. The van der Waals surface area contributed by atoms with Crippen molar-refractivity contribution in [3.8, 4) is 0 Å². The summed E-state index contributed by atoms with van der Waals surface area (Å²) in [6.45, 7) is 5.42. The summed E-state index contributed by atoms with van der Waals surface area (Å²) in [5.74, 6) is 1.00. The molecule has 4 aliphatic carbocycles. The maximum Gasteiger partial charge on any atom is 0.321 e. The number of aryl methyl sites for hydroxylation is 4. The second-order valence-corrected chi connectivity index (χ2v) is 11.1. The fraction of sp³-hybridized carbons (Fsp3) is 0.654. The van der Waals surface area contributed by atoms with E-state index in [9.17, 15) is 14.4 Å². The van der Waals surface area contributed by atoms with Gasteiger partial charge in [-0.2, -0.15) is 5.10 Å². The van der Waals surface area contributed by atoms with Crippen LogP contribution in [0.1, 0.15) is 67.5 Å². The van der Waals surface area contributed by atoms with E-state index in [-0.39, 0.29) is 12.0 Å². The number of hydrogen-bond acceptors (Lipinski definition) is 6. The van der Waals surface area contributed by atoms with Gasteiger partial charge in [-0.1, -0.05) is 0 Å². The highest BCUT2D eigenvalue weighted by Gasteiger charge is 2.51. The van der Waals surface area contributed by atoms with Crippen molar-refractivity contribution in [2.45, 2.75) is 77.7 Å². The van der Waals surface area contributed by atoms with Gasteiger partial charge in [0.2, 0.25) is 0 Å². The molecule has 0 unspecified atom stereocenters. The Hall–Kier alpha value is -2.97. The first kappa shape index (κ1) is 23.8. The zero-order chi connectivity index (χ0) is 24.9. The number of carbonyl (C=O) groups excluding carboxylic acids is 3. The van der Waals surface area contributed by atoms with Gasteiger partial charge in [0.15, 0.2) is 12.3 Å². The lowest BCUT2D eigenvalue weighted by Gasteiger charge is -2.56. The van der Waals surface area contributed by atoms with Crippen LogP contribution in [0.15, 0.2) is 0 Å². The zero-order valence-corrected chi connectivity index (χ0v) is 21.1. The minimum atomic E-state index is -0.609. The maximum absolute atomic E-state index is 12.5. The average molecular weight is 482 g/mol. The van der Waals surface area contributed by atoms with Crippen molar-refractivity contribution >= 4 is 28.9 Å². The van der Waals surface area contributed by atoms with Crippen LogP contribution in [-0.2, 0) is 27.8 Å². The Bertz CT molecular complexity index is 1170.